The van der Waals surface area contributed by atoms with Gasteiger partial charge in [0.15, 0.2) is 5.13 Å². The van der Waals surface area contributed by atoms with Gasteiger partial charge in [-0.1, -0.05) is 0 Å². The number of hydrogen-bond donors (Lipinski definition) is 0. The van der Waals surface area contributed by atoms with E-state index in [4.69, 9.17) is 0 Å². The predicted octanol–water partition coefficient (Wildman–Crippen LogP) is 3.86. The van der Waals surface area contributed by atoms with Crippen LogP contribution in [0, 0.1) is 5.82 Å². The number of imidazole rings is 1. The number of halogens is 3. The van der Waals surface area contributed by atoms with Crippen molar-refractivity contribution in [1.29, 1.82) is 0 Å². The Morgan fingerprint density at radius 3 is 2.52 bits per heavy atom. The Bertz CT molecular complexity index is 885. The predicted molar refractivity (Wildman–Crippen MR) is 98.5 cm³/mol. The number of rotatable bonds is 5. The van der Waals surface area contributed by atoms with Crippen molar-refractivity contribution in [3.8, 4) is 11.3 Å². The van der Waals surface area contributed by atoms with Crippen LogP contribution < -0.4 is 4.90 Å². The zero-order valence-corrected chi connectivity index (χ0v) is 15.2. The third-order valence-electron chi connectivity index (χ3n) is 4.60. The third kappa shape index (κ3) is 3.98. The molecule has 9 heteroatoms. The maximum atomic E-state index is 13.1. The standard InChI is InChI=1S/C18H18F3N5S/c19-14-3-1-13(2-4-14)15-12-27-18(23-15)25-9-7-24(8-10-25)11-16-22-5-6-26(16)17(20)21/h1-6,12,17H,7-11H2. The molecule has 0 atom stereocenters. The highest BCUT2D eigenvalue weighted by Crippen LogP contribution is 2.28. The largest absolute Gasteiger partial charge is 0.346 e. The van der Waals surface area contributed by atoms with Crippen molar-refractivity contribution in [2.24, 2.45) is 0 Å². The van der Waals surface area contributed by atoms with E-state index in [0.29, 0.717) is 12.4 Å². The maximum absolute atomic E-state index is 13.1. The van der Waals surface area contributed by atoms with E-state index in [2.05, 4.69) is 19.8 Å². The van der Waals surface area contributed by atoms with Crippen molar-refractivity contribution in [2.75, 3.05) is 31.1 Å². The highest BCUT2D eigenvalue weighted by molar-refractivity contribution is 7.14. The summed E-state index contributed by atoms with van der Waals surface area (Å²) in [6, 6.07) is 6.29. The topological polar surface area (TPSA) is 37.2 Å². The number of hydrogen-bond acceptors (Lipinski definition) is 5. The number of nitrogens with zero attached hydrogens (tertiary/aromatic N) is 5. The Labute approximate surface area is 158 Å². The SMILES string of the molecule is Fc1ccc(-c2csc(N3CCN(Cc4nccn4C(F)F)CC3)n2)cc1. The Hall–Kier alpha value is -2.39. The molecule has 27 heavy (non-hydrogen) atoms. The second-order valence-electron chi connectivity index (χ2n) is 6.31. The first kappa shape index (κ1) is 18.0. The molecule has 0 spiro atoms. The molecule has 0 radical (unpaired) electrons. The van der Waals surface area contributed by atoms with Crippen LogP contribution in [0.15, 0.2) is 42.0 Å². The summed E-state index contributed by atoms with van der Waals surface area (Å²) in [4.78, 5) is 13.0. The summed E-state index contributed by atoms with van der Waals surface area (Å²) < 4.78 is 39.8. The third-order valence-corrected chi connectivity index (χ3v) is 5.50. The molecule has 0 saturated carbocycles. The smallest absolute Gasteiger partial charge is 0.319 e. The minimum Gasteiger partial charge on any atom is -0.346 e. The van der Waals surface area contributed by atoms with Gasteiger partial charge in [0, 0.05) is 49.5 Å². The fourth-order valence-corrected chi connectivity index (χ4v) is 3.99. The Kier molecular flexibility index (Phi) is 5.13. The first-order chi connectivity index (χ1) is 13.1. The van der Waals surface area contributed by atoms with E-state index in [1.807, 2.05) is 5.38 Å². The maximum Gasteiger partial charge on any atom is 0.319 e. The second kappa shape index (κ2) is 7.69. The lowest BCUT2D eigenvalue weighted by molar-refractivity contribution is 0.0637. The molecule has 4 rings (SSSR count). The Morgan fingerprint density at radius 2 is 1.81 bits per heavy atom. The minimum atomic E-state index is -2.57. The normalized spacial score (nSPS) is 15.6. The van der Waals surface area contributed by atoms with Crippen molar-refractivity contribution in [3.63, 3.8) is 0 Å². The average Bonchev–Trinajstić information content (AvgIpc) is 3.33. The molecule has 3 heterocycles. The van der Waals surface area contributed by atoms with Gasteiger partial charge in [0.05, 0.1) is 12.2 Å². The van der Waals surface area contributed by atoms with Gasteiger partial charge in [-0.3, -0.25) is 9.47 Å². The fourth-order valence-electron chi connectivity index (χ4n) is 3.10. The molecule has 0 N–H and O–H groups in total. The van der Waals surface area contributed by atoms with Gasteiger partial charge in [-0.15, -0.1) is 11.3 Å². The van der Waals surface area contributed by atoms with E-state index in [1.54, 1.807) is 23.5 Å². The minimum absolute atomic E-state index is 0.266. The molecule has 1 saturated heterocycles. The van der Waals surface area contributed by atoms with Gasteiger partial charge in [-0.05, 0) is 24.3 Å². The van der Waals surface area contributed by atoms with E-state index in [1.165, 1.54) is 24.5 Å². The van der Waals surface area contributed by atoms with Crippen LogP contribution in [0.4, 0.5) is 18.3 Å². The van der Waals surface area contributed by atoms with E-state index >= 15 is 0 Å². The lowest BCUT2D eigenvalue weighted by atomic mass is 10.2. The summed E-state index contributed by atoms with van der Waals surface area (Å²) in [7, 11) is 0. The molecule has 0 amide bonds. The zero-order valence-electron chi connectivity index (χ0n) is 14.4. The monoisotopic (exact) mass is 393 g/mol. The summed E-state index contributed by atoms with van der Waals surface area (Å²) in [5.74, 6) is 0.115. The average molecular weight is 393 g/mol. The van der Waals surface area contributed by atoms with Gasteiger partial charge in [0.2, 0.25) is 0 Å². The van der Waals surface area contributed by atoms with Crippen LogP contribution in [-0.4, -0.2) is 45.6 Å². The number of aromatic nitrogens is 3. The van der Waals surface area contributed by atoms with E-state index in [0.717, 1.165) is 47.1 Å². The summed E-state index contributed by atoms with van der Waals surface area (Å²) in [6.07, 6.45) is 2.72. The molecule has 0 bridgehead atoms. The van der Waals surface area contributed by atoms with Gasteiger partial charge in [0.1, 0.15) is 11.6 Å². The molecule has 0 aliphatic carbocycles. The van der Waals surface area contributed by atoms with Crippen molar-refractivity contribution < 1.29 is 13.2 Å². The molecule has 1 aliphatic rings. The van der Waals surface area contributed by atoms with Crippen molar-refractivity contribution in [1.82, 2.24) is 19.4 Å². The molecular formula is C18H18F3N5S. The highest BCUT2D eigenvalue weighted by Gasteiger charge is 2.22. The van der Waals surface area contributed by atoms with Gasteiger partial charge in [0.25, 0.3) is 0 Å². The summed E-state index contributed by atoms with van der Waals surface area (Å²) in [5.41, 5.74) is 1.72. The van der Waals surface area contributed by atoms with Gasteiger partial charge >= 0.3 is 6.55 Å². The second-order valence-corrected chi connectivity index (χ2v) is 7.15. The first-order valence-corrected chi connectivity index (χ1v) is 9.47. The van der Waals surface area contributed by atoms with Crippen molar-refractivity contribution in [2.45, 2.75) is 13.1 Å². The zero-order chi connectivity index (χ0) is 18.8. The molecule has 5 nitrogen and oxygen atoms in total. The molecule has 3 aromatic rings. The number of benzene rings is 1. The number of thiazole rings is 1. The molecule has 1 aliphatic heterocycles. The van der Waals surface area contributed by atoms with Crippen LogP contribution in [0.1, 0.15) is 12.4 Å². The summed E-state index contributed by atoms with van der Waals surface area (Å²) in [5, 5.41) is 2.89. The molecule has 142 valence electrons. The Morgan fingerprint density at radius 1 is 1.07 bits per heavy atom. The van der Waals surface area contributed by atoms with Crippen LogP contribution in [0.3, 0.4) is 0 Å². The summed E-state index contributed by atoms with van der Waals surface area (Å²) in [6.45, 7) is 0.883. The quantitative estimate of drug-likeness (QED) is 0.660. The highest BCUT2D eigenvalue weighted by atomic mass is 32.1. The van der Waals surface area contributed by atoms with Gasteiger partial charge < -0.3 is 4.90 Å². The van der Waals surface area contributed by atoms with Crippen LogP contribution in [0.25, 0.3) is 11.3 Å². The number of piperazine rings is 1. The molecular weight excluding hydrogens is 375 g/mol. The first-order valence-electron chi connectivity index (χ1n) is 8.59. The lowest BCUT2D eigenvalue weighted by Gasteiger charge is -2.34. The van der Waals surface area contributed by atoms with Crippen LogP contribution in [-0.2, 0) is 6.54 Å². The molecule has 0 unspecified atom stereocenters. The van der Waals surface area contributed by atoms with Crippen LogP contribution in [0.2, 0.25) is 0 Å². The van der Waals surface area contributed by atoms with E-state index in [-0.39, 0.29) is 5.82 Å². The van der Waals surface area contributed by atoms with Gasteiger partial charge in [-0.25, -0.2) is 14.4 Å². The Balaban J connectivity index is 1.37. The van der Waals surface area contributed by atoms with E-state index < -0.39 is 6.55 Å². The molecule has 1 aromatic carbocycles. The molecule has 1 fully saturated rings. The van der Waals surface area contributed by atoms with Gasteiger partial charge in [-0.2, -0.15) is 8.78 Å². The van der Waals surface area contributed by atoms with Crippen LogP contribution >= 0.6 is 11.3 Å². The lowest BCUT2D eigenvalue weighted by Crippen LogP contribution is -2.46. The van der Waals surface area contributed by atoms with Crippen LogP contribution in [0.5, 0.6) is 0 Å². The molecule has 2 aromatic heterocycles. The van der Waals surface area contributed by atoms with Crippen molar-refractivity contribution in [3.05, 3.63) is 53.7 Å². The van der Waals surface area contributed by atoms with E-state index in [9.17, 15) is 13.2 Å². The number of alkyl halides is 2. The summed E-state index contributed by atoms with van der Waals surface area (Å²) >= 11 is 1.55. The number of anilines is 1. The fraction of sp³-hybridized carbons (Fsp3) is 0.333. The van der Waals surface area contributed by atoms with Crippen molar-refractivity contribution >= 4 is 16.5 Å².